The lowest BCUT2D eigenvalue weighted by molar-refractivity contribution is -0.137. The first-order chi connectivity index (χ1) is 19.2. The van der Waals surface area contributed by atoms with Crippen LogP contribution in [0, 0.1) is 6.92 Å². The van der Waals surface area contributed by atoms with Gasteiger partial charge in [-0.15, -0.1) is 0 Å². The summed E-state index contributed by atoms with van der Waals surface area (Å²) < 4.78 is 41.3. The largest absolute Gasteiger partial charge is 0.416 e. The minimum atomic E-state index is -4.56. The molecule has 5 rings (SSSR count). The molecule has 1 fully saturated rings. The second-order valence-electron chi connectivity index (χ2n) is 10.1. The first-order valence-electron chi connectivity index (χ1n) is 13.0. The zero-order valence-electron chi connectivity index (χ0n) is 22.2. The molecule has 4 aromatic rings. The van der Waals surface area contributed by atoms with Gasteiger partial charge in [0.15, 0.2) is 0 Å². The first-order valence-corrected chi connectivity index (χ1v) is 13.0. The topological polar surface area (TPSA) is 83.0 Å². The second kappa shape index (κ2) is 11.4. The van der Waals surface area contributed by atoms with Crippen molar-refractivity contribution in [2.24, 2.45) is 0 Å². The molecule has 1 aliphatic heterocycles. The molecule has 206 valence electrons. The van der Waals surface area contributed by atoms with Crippen molar-refractivity contribution < 1.29 is 18.0 Å². The van der Waals surface area contributed by atoms with E-state index in [1.165, 1.54) is 6.07 Å². The minimum absolute atomic E-state index is 0.0272. The molecule has 1 aliphatic rings. The molecule has 10 heteroatoms. The second-order valence-corrected chi connectivity index (χ2v) is 10.1. The van der Waals surface area contributed by atoms with Crippen LogP contribution in [0.2, 0.25) is 0 Å². The summed E-state index contributed by atoms with van der Waals surface area (Å²) in [6, 6.07) is 14.4. The number of amides is 1. The Morgan fingerprint density at radius 2 is 1.93 bits per heavy atom. The van der Waals surface area contributed by atoms with E-state index in [2.05, 4.69) is 30.5 Å². The maximum atomic E-state index is 13.8. The Labute approximate surface area is 230 Å². The number of nitrogens with zero attached hydrogens (tertiary/aromatic N) is 4. The summed E-state index contributed by atoms with van der Waals surface area (Å²) >= 11 is 0. The SMILES string of the molecule is Cc1ccc(NC(=O)c2cc(C3CCCN(C)C3)cc(C(F)(F)F)c2)cc1Nc1nccc(-c2cccnc2)n1. The summed E-state index contributed by atoms with van der Waals surface area (Å²) in [6.45, 7) is 3.45. The van der Waals surface area contributed by atoms with Crippen molar-refractivity contribution in [3.05, 3.63) is 95.4 Å². The van der Waals surface area contributed by atoms with Gasteiger partial charge in [0.1, 0.15) is 0 Å². The Morgan fingerprint density at radius 1 is 1.07 bits per heavy atom. The normalized spacial score (nSPS) is 16.0. The number of carbonyl (C=O) groups is 1. The van der Waals surface area contributed by atoms with Gasteiger partial charge in [-0.2, -0.15) is 13.2 Å². The van der Waals surface area contributed by atoms with Crippen molar-refractivity contribution in [1.29, 1.82) is 0 Å². The van der Waals surface area contributed by atoms with Gasteiger partial charge in [-0.1, -0.05) is 6.07 Å². The Hall–Kier alpha value is -4.31. The van der Waals surface area contributed by atoms with Gasteiger partial charge in [-0.3, -0.25) is 9.78 Å². The van der Waals surface area contributed by atoms with Gasteiger partial charge >= 0.3 is 6.18 Å². The van der Waals surface area contributed by atoms with Gasteiger partial charge in [-0.25, -0.2) is 9.97 Å². The zero-order valence-corrected chi connectivity index (χ0v) is 22.2. The van der Waals surface area contributed by atoms with Crippen LogP contribution in [0.1, 0.15) is 45.8 Å². The number of rotatable bonds is 6. The number of nitrogens with one attached hydrogen (secondary N) is 2. The molecule has 1 atom stereocenters. The highest BCUT2D eigenvalue weighted by Crippen LogP contribution is 2.35. The highest BCUT2D eigenvalue weighted by atomic mass is 19.4. The van der Waals surface area contributed by atoms with Crippen LogP contribution in [0.25, 0.3) is 11.3 Å². The number of aryl methyl sites for hydroxylation is 1. The van der Waals surface area contributed by atoms with Crippen LogP contribution >= 0.6 is 0 Å². The quantitative estimate of drug-likeness (QED) is 0.281. The Kier molecular flexibility index (Phi) is 7.79. The van der Waals surface area contributed by atoms with Gasteiger partial charge in [-0.05, 0) is 98.9 Å². The van der Waals surface area contributed by atoms with Crippen molar-refractivity contribution in [1.82, 2.24) is 19.9 Å². The standard InChI is InChI=1S/C30H29F3N6O/c1-19-7-8-25(16-27(19)38-29-35-11-9-26(37-29)20-5-3-10-34-17-20)36-28(40)23-13-22(14-24(15-23)30(31,32)33)21-6-4-12-39(2)18-21/h3,5,7-11,13-17,21H,4,6,12,18H2,1-2H3,(H,36,40)(H,35,37,38). The van der Waals surface area contributed by atoms with E-state index in [1.807, 2.05) is 26.1 Å². The van der Waals surface area contributed by atoms with Crippen LogP contribution < -0.4 is 10.6 Å². The summed E-state index contributed by atoms with van der Waals surface area (Å²) in [5.41, 5.74) is 3.16. The van der Waals surface area contributed by atoms with Crippen molar-refractivity contribution >= 4 is 23.2 Å². The number of likely N-dealkylation sites (tertiary alicyclic amines) is 1. The zero-order chi connectivity index (χ0) is 28.3. The van der Waals surface area contributed by atoms with E-state index in [0.717, 1.165) is 36.6 Å². The third kappa shape index (κ3) is 6.45. The molecule has 2 N–H and O–H groups in total. The number of aromatic nitrogens is 3. The molecule has 40 heavy (non-hydrogen) atoms. The predicted molar refractivity (Wildman–Crippen MR) is 149 cm³/mol. The molecule has 2 aromatic heterocycles. The van der Waals surface area contributed by atoms with Crippen molar-refractivity contribution in [3.63, 3.8) is 0 Å². The smallest absolute Gasteiger partial charge is 0.324 e. The van der Waals surface area contributed by atoms with Crippen molar-refractivity contribution in [3.8, 4) is 11.3 Å². The lowest BCUT2D eigenvalue weighted by Gasteiger charge is -2.30. The van der Waals surface area contributed by atoms with E-state index < -0.39 is 17.6 Å². The van der Waals surface area contributed by atoms with Gasteiger partial charge < -0.3 is 15.5 Å². The molecule has 0 spiro atoms. The highest BCUT2D eigenvalue weighted by Gasteiger charge is 2.33. The lowest BCUT2D eigenvalue weighted by Crippen LogP contribution is -2.31. The monoisotopic (exact) mass is 546 g/mol. The average Bonchev–Trinajstić information content (AvgIpc) is 2.95. The van der Waals surface area contributed by atoms with Crippen LogP contribution in [0.3, 0.4) is 0 Å². The van der Waals surface area contributed by atoms with Crippen molar-refractivity contribution in [2.45, 2.75) is 31.9 Å². The van der Waals surface area contributed by atoms with E-state index >= 15 is 0 Å². The number of carbonyl (C=O) groups excluding carboxylic acids is 1. The van der Waals surface area contributed by atoms with E-state index in [0.29, 0.717) is 35.1 Å². The fraction of sp³-hybridized carbons (Fsp3) is 0.267. The summed E-state index contributed by atoms with van der Waals surface area (Å²) in [6.07, 6.45) is 2.14. The molecule has 7 nitrogen and oxygen atoms in total. The Bertz CT molecular complexity index is 1510. The molecule has 0 saturated carbocycles. The van der Waals surface area contributed by atoms with Crippen molar-refractivity contribution in [2.75, 3.05) is 30.8 Å². The summed E-state index contributed by atoms with van der Waals surface area (Å²) in [5, 5.41) is 5.93. The Balaban J connectivity index is 1.38. The summed E-state index contributed by atoms with van der Waals surface area (Å²) in [7, 11) is 1.95. The maximum absolute atomic E-state index is 13.8. The van der Waals surface area contributed by atoms with Gasteiger partial charge in [0.05, 0.1) is 11.3 Å². The molecule has 2 aromatic carbocycles. The van der Waals surface area contributed by atoms with Crippen LogP contribution in [-0.4, -0.2) is 45.9 Å². The molecule has 1 unspecified atom stereocenters. The molecular formula is C30H29F3N6O. The van der Waals surface area contributed by atoms with E-state index in [1.54, 1.807) is 48.9 Å². The van der Waals surface area contributed by atoms with Crippen LogP contribution in [0.5, 0.6) is 0 Å². The number of pyridine rings is 1. The highest BCUT2D eigenvalue weighted by molar-refractivity contribution is 6.04. The number of anilines is 3. The van der Waals surface area contributed by atoms with E-state index in [9.17, 15) is 18.0 Å². The number of halogens is 3. The molecule has 0 radical (unpaired) electrons. The van der Waals surface area contributed by atoms with Crippen LogP contribution in [0.4, 0.5) is 30.5 Å². The Morgan fingerprint density at radius 3 is 2.67 bits per heavy atom. The lowest BCUT2D eigenvalue weighted by atomic mass is 9.88. The summed E-state index contributed by atoms with van der Waals surface area (Å²) in [5.74, 6) is -0.320. The van der Waals surface area contributed by atoms with Gasteiger partial charge in [0, 0.05) is 47.6 Å². The fourth-order valence-corrected chi connectivity index (χ4v) is 4.87. The summed E-state index contributed by atoms with van der Waals surface area (Å²) in [4.78, 5) is 28.3. The third-order valence-corrected chi connectivity index (χ3v) is 7.00. The number of hydrogen-bond acceptors (Lipinski definition) is 6. The fourth-order valence-electron chi connectivity index (χ4n) is 4.87. The maximum Gasteiger partial charge on any atom is 0.416 e. The number of benzene rings is 2. The van der Waals surface area contributed by atoms with E-state index in [-0.39, 0.29) is 11.5 Å². The van der Waals surface area contributed by atoms with Gasteiger partial charge in [0.25, 0.3) is 5.91 Å². The number of piperidine rings is 1. The molecule has 1 amide bonds. The third-order valence-electron chi connectivity index (χ3n) is 7.00. The van der Waals surface area contributed by atoms with Crippen LogP contribution in [-0.2, 0) is 6.18 Å². The minimum Gasteiger partial charge on any atom is -0.324 e. The number of likely N-dealkylation sites (N-methyl/N-ethyl adjacent to an activating group) is 1. The number of alkyl halides is 3. The number of hydrogen-bond donors (Lipinski definition) is 2. The van der Waals surface area contributed by atoms with Gasteiger partial charge in [0.2, 0.25) is 5.95 Å². The molecule has 0 bridgehead atoms. The molecule has 3 heterocycles. The molecule has 0 aliphatic carbocycles. The predicted octanol–water partition coefficient (Wildman–Crippen LogP) is 6.67. The molecule has 1 saturated heterocycles. The molecular weight excluding hydrogens is 517 g/mol. The average molecular weight is 547 g/mol. The van der Waals surface area contributed by atoms with E-state index in [4.69, 9.17) is 0 Å². The first kappa shape index (κ1) is 27.3. The van der Waals surface area contributed by atoms with Crippen LogP contribution in [0.15, 0.2) is 73.2 Å².